The van der Waals surface area contributed by atoms with Gasteiger partial charge in [-0.05, 0) is 30.3 Å². The molecule has 0 radical (unpaired) electrons. The summed E-state index contributed by atoms with van der Waals surface area (Å²) in [5, 5.41) is 17.7. The van der Waals surface area contributed by atoms with Crippen molar-refractivity contribution in [2.24, 2.45) is 0 Å². The Kier molecular flexibility index (Phi) is 3.11. The lowest BCUT2D eigenvalue weighted by atomic mass is 10.1. The summed E-state index contributed by atoms with van der Waals surface area (Å²) in [7, 11) is 0. The van der Waals surface area contributed by atoms with Gasteiger partial charge in [0.1, 0.15) is 11.2 Å². The largest absolute Gasteiger partial charge is 0.478 e. The second kappa shape index (κ2) is 4.85. The van der Waals surface area contributed by atoms with Crippen LogP contribution in [0.3, 0.4) is 0 Å². The van der Waals surface area contributed by atoms with Gasteiger partial charge in [0, 0.05) is 0 Å². The number of benzene rings is 2. The molecule has 0 amide bonds. The fraction of sp³-hybridized carbons (Fsp3) is 0. The predicted molar refractivity (Wildman–Crippen MR) is 78.9 cm³/mol. The second-order valence-electron chi connectivity index (χ2n) is 4.55. The van der Waals surface area contributed by atoms with E-state index in [2.05, 4.69) is 0 Å². The van der Waals surface area contributed by atoms with Crippen LogP contribution in [0.4, 0.5) is 0 Å². The van der Waals surface area contributed by atoms with Crippen molar-refractivity contribution in [2.75, 3.05) is 0 Å². The number of carboxylic acid groups (broad SMARTS) is 2. The Hall–Kier alpha value is -2.86. The maximum Gasteiger partial charge on any atom is 0.337 e. The van der Waals surface area contributed by atoms with E-state index >= 15 is 0 Å². The highest BCUT2D eigenvalue weighted by Crippen LogP contribution is 2.28. The van der Waals surface area contributed by atoms with E-state index in [9.17, 15) is 14.4 Å². The molecule has 22 heavy (non-hydrogen) atoms. The summed E-state index contributed by atoms with van der Waals surface area (Å²) in [6.07, 6.45) is 0. The Labute approximate surface area is 127 Å². The van der Waals surface area contributed by atoms with Gasteiger partial charge in [-0.15, -0.1) is 0 Å². The molecule has 0 aliphatic heterocycles. The van der Waals surface area contributed by atoms with Gasteiger partial charge in [0.25, 0.3) is 0 Å². The zero-order valence-electron chi connectivity index (χ0n) is 10.8. The Morgan fingerprint density at radius 3 is 2.32 bits per heavy atom. The highest BCUT2D eigenvalue weighted by atomic mass is 35.5. The molecule has 3 aromatic rings. The minimum Gasteiger partial charge on any atom is -0.478 e. The van der Waals surface area contributed by atoms with Gasteiger partial charge in [-0.3, -0.25) is 4.79 Å². The average molecular weight is 319 g/mol. The van der Waals surface area contributed by atoms with Gasteiger partial charge in [-0.2, -0.15) is 0 Å². The van der Waals surface area contributed by atoms with E-state index < -0.39 is 17.4 Å². The van der Waals surface area contributed by atoms with Crippen LogP contribution in [0.15, 0.2) is 39.5 Å². The maximum atomic E-state index is 12.5. The molecule has 0 saturated heterocycles. The number of carboxylic acids is 2. The highest BCUT2D eigenvalue weighted by Gasteiger charge is 2.18. The third kappa shape index (κ3) is 2.01. The Morgan fingerprint density at radius 1 is 1.00 bits per heavy atom. The van der Waals surface area contributed by atoms with Gasteiger partial charge in [0.2, 0.25) is 5.43 Å². The van der Waals surface area contributed by atoms with Gasteiger partial charge < -0.3 is 14.6 Å². The summed E-state index contributed by atoms with van der Waals surface area (Å²) in [6, 6.07) is 6.45. The Morgan fingerprint density at radius 2 is 1.68 bits per heavy atom. The molecular weight excluding hydrogens is 312 g/mol. The molecule has 1 aromatic heterocycles. The van der Waals surface area contributed by atoms with Crippen LogP contribution >= 0.6 is 11.6 Å². The fourth-order valence-corrected chi connectivity index (χ4v) is 2.53. The summed E-state index contributed by atoms with van der Waals surface area (Å²) in [5.41, 5.74) is -0.551. The SMILES string of the molecule is O=C(O)c1ccc2oc3ccc(C(=O)O)c(Cl)c3c(=O)c2c1. The minimum atomic E-state index is -1.27. The molecule has 7 heteroatoms. The molecule has 1 heterocycles. The molecule has 0 aliphatic rings. The van der Waals surface area contributed by atoms with Crippen LogP contribution < -0.4 is 5.43 Å². The van der Waals surface area contributed by atoms with Crippen LogP contribution in [0.1, 0.15) is 20.7 Å². The lowest BCUT2D eigenvalue weighted by Crippen LogP contribution is -2.07. The lowest BCUT2D eigenvalue weighted by Gasteiger charge is -2.05. The number of hydrogen-bond acceptors (Lipinski definition) is 4. The van der Waals surface area contributed by atoms with Crippen molar-refractivity contribution in [3.8, 4) is 0 Å². The van der Waals surface area contributed by atoms with Crippen molar-refractivity contribution in [2.45, 2.75) is 0 Å². The smallest absolute Gasteiger partial charge is 0.337 e. The van der Waals surface area contributed by atoms with Crippen molar-refractivity contribution >= 4 is 45.5 Å². The zero-order valence-corrected chi connectivity index (χ0v) is 11.5. The van der Waals surface area contributed by atoms with Gasteiger partial charge in [0.05, 0.1) is 26.9 Å². The Bertz CT molecular complexity index is 1020. The molecule has 2 aromatic carbocycles. The topological polar surface area (TPSA) is 105 Å². The van der Waals surface area contributed by atoms with Gasteiger partial charge >= 0.3 is 11.9 Å². The summed E-state index contributed by atoms with van der Waals surface area (Å²) in [4.78, 5) is 34.6. The number of aromatic carboxylic acids is 2. The molecule has 6 nitrogen and oxygen atoms in total. The van der Waals surface area contributed by atoms with Crippen LogP contribution in [0.25, 0.3) is 21.9 Å². The van der Waals surface area contributed by atoms with Crippen molar-refractivity contribution < 1.29 is 24.2 Å². The molecule has 0 fully saturated rings. The molecule has 3 rings (SSSR count). The van der Waals surface area contributed by atoms with Crippen molar-refractivity contribution in [3.63, 3.8) is 0 Å². The molecule has 0 bridgehead atoms. The fourth-order valence-electron chi connectivity index (χ4n) is 2.20. The predicted octanol–water partition coefficient (Wildman–Crippen LogP) is 3.00. The first kappa shape index (κ1) is 14.1. The molecule has 0 spiro atoms. The number of halogens is 1. The van der Waals surface area contributed by atoms with E-state index in [1.807, 2.05) is 0 Å². The molecule has 0 saturated carbocycles. The zero-order chi connectivity index (χ0) is 16.0. The minimum absolute atomic E-state index is 0.0249. The van der Waals surface area contributed by atoms with Gasteiger partial charge in [0.15, 0.2) is 0 Å². The third-order valence-electron chi connectivity index (χ3n) is 3.25. The van der Waals surface area contributed by atoms with E-state index in [4.69, 9.17) is 26.2 Å². The lowest BCUT2D eigenvalue weighted by molar-refractivity contribution is 0.0686. The first-order valence-corrected chi connectivity index (χ1v) is 6.43. The molecule has 2 N–H and O–H groups in total. The third-order valence-corrected chi connectivity index (χ3v) is 3.64. The van der Waals surface area contributed by atoms with E-state index in [1.165, 1.54) is 30.3 Å². The number of fused-ring (bicyclic) bond motifs is 2. The van der Waals surface area contributed by atoms with Crippen molar-refractivity contribution in [3.05, 3.63) is 56.7 Å². The summed E-state index contributed by atoms with van der Waals surface area (Å²) >= 11 is 5.99. The molecule has 110 valence electrons. The van der Waals surface area contributed by atoms with Gasteiger partial charge in [-0.25, -0.2) is 9.59 Å². The number of rotatable bonds is 2. The van der Waals surface area contributed by atoms with Crippen molar-refractivity contribution in [1.82, 2.24) is 0 Å². The molecule has 0 unspecified atom stereocenters. The molecular formula is C15H7ClO6. The van der Waals surface area contributed by atoms with Crippen LogP contribution in [0.5, 0.6) is 0 Å². The maximum absolute atomic E-state index is 12.5. The van der Waals surface area contributed by atoms with Crippen LogP contribution in [0, 0.1) is 0 Å². The number of hydrogen-bond donors (Lipinski definition) is 2. The van der Waals surface area contributed by atoms with E-state index in [0.717, 1.165) is 0 Å². The Balaban J connectivity index is 2.49. The van der Waals surface area contributed by atoms with Crippen LogP contribution in [-0.4, -0.2) is 22.2 Å². The second-order valence-corrected chi connectivity index (χ2v) is 4.93. The summed E-state index contributed by atoms with van der Waals surface area (Å²) in [5.74, 6) is -2.46. The summed E-state index contributed by atoms with van der Waals surface area (Å²) < 4.78 is 5.51. The normalized spacial score (nSPS) is 11.0. The van der Waals surface area contributed by atoms with Gasteiger partial charge in [-0.1, -0.05) is 11.6 Å². The monoisotopic (exact) mass is 318 g/mol. The molecule has 0 atom stereocenters. The highest BCUT2D eigenvalue weighted by molar-refractivity contribution is 6.38. The standard InChI is InChI=1S/C15H7ClO6/c16-12-7(15(20)21)2-4-10-11(12)13(17)8-5-6(14(18)19)1-3-9(8)22-10/h1-5H,(H,18,19)(H,20,21). The molecule has 0 aliphatic carbocycles. The van der Waals surface area contributed by atoms with Crippen LogP contribution in [-0.2, 0) is 0 Å². The average Bonchev–Trinajstić information content (AvgIpc) is 2.46. The first-order chi connectivity index (χ1) is 10.4. The summed E-state index contributed by atoms with van der Waals surface area (Å²) in [6.45, 7) is 0. The first-order valence-electron chi connectivity index (χ1n) is 6.06. The van der Waals surface area contributed by atoms with Crippen molar-refractivity contribution in [1.29, 1.82) is 0 Å². The van der Waals surface area contributed by atoms with E-state index in [0.29, 0.717) is 0 Å². The van der Waals surface area contributed by atoms with Crippen LogP contribution in [0.2, 0.25) is 5.02 Å². The quantitative estimate of drug-likeness (QED) is 0.704. The number of carbonyl (C=O) groups is 2. The van der Waals surface area contributed by atoms with E-state index in [-0.39, 0.29) is 38.1 Å². The van der Waals surface area contributed by atoms with E-state index in [1.54, 1.807) is 0 Å².